The number of nitrogens with two attached hydrogens (primary N) is 3. The Morgan fingerprint density at radius 2 is 0.791 bits per heavy atom. The second-order valence-electron chi connectivity index (χ2n) is 19.0. The first-order valence-electron chi connectivity index (χ1n) is 26.1. The molecule has 12 rings (SSSR count). The first kappa shape index (κ1) is 60.9. The van der Waals surface area contributed by atoms with Gasteiger partial charge in [-0.1, -0.05) is 106 Å². The second-order valence-corrected chi connectivity index (χ2v) is 22.0. The maximum atomic E-state index is 13.9. The highest BCUT2D eigenvalue weighted by atomic mass is 32.1. The third-order valence-corrected chi connectivity index (χ3v) is 17.0. The minimum Gasteiger partial charge on any atom is -0.409 e. The van der Waals surface area contributed by atoms with Gasteiger partial charge in [-0.15, -0.1) is 0 Å². The van der Waals surface area contributed by atoms with Crippen molar-refractivity contribution in [3.05, 3.63) is 217 Å². The van der Waals surface area contributed by atoms with Gasteiger partial charge in [0, 0.05) is 11.1 Å². The molecule has 3 heterocycles. The lowest BCUT2D eigenvalue weighted by molar-refractivity contribution is 0.0993. The summed E-state index contributed by atoms with van der Waals surface area (Å²) in [5.74, 6) is -5.21. The number of halogens is 6. The maximum Gasteiger partial charge on any atom is 0.263 e. The van der Waals surface area contributed by atoms with E-state index in [9.17, 15) is 45.5 Å². The zero-order valence-corrected chi connectivity index (χ0v) is 47.2. The molecule has 3 aliphatic carbocycles. The van der Waals surface area contributed by atoms with E-state index in [-0.39, 0.29) is 21.2 Å². The van der Waals surface area contributed by atoms with Crippen LogP contribution in [0.3, 0.4) is 0 Å². The number of carbonyl (C=O) groups excluding carboxylic acids is 4. The van der Waals surface area contributed by atoms with Gasteiger partial charge < -0.3 is 21.9 Å². The summed E-state index contributed by atoms with van der Waals surface area (Å²) in [7, 11) is 0. The molecule has 26 heteroatoms. The van der Waals surface area contributed by atoms with Gasteiger partial charge in [-0.2, -0.15) is 0 Å². The molecule has 0 atom stereocenters. The van der Waals surface area contributed by atoms with E-state index < -0.39 is 75.2 Å². The van der Waals surface area contributed by atoms with Crippen LogP contribution in [0, 0.1) is 41.5 Å². The number of hydrogen-bond donors (Lipinski definition) is 8. The Morgan fingerprint density at radius 1 is 0.477 bits per heavy atom. The Balaban J connectivity index is 0.000000152. The van der Waals surface area contributed by atoms with E-state index in [2.05, 4.69) is 46.8 Å². The number of hydrogen-bond acceptors (Lipinski definition) is 14. The molecular weight excluding hydrogens is 1180 g/mol. The number of aryl methyl sites for hydroxylation is 3. The highest BCUT2D eigenvalue weighted by Crippen LogP contribution is 2.44. The van der Waals surface area contributed by atoms with E-state index in [0.29, 0.717) is 42.5 Å². The summed E-state index contributed by atoms with van der Waals surface area (Å²) in [5, 5.41) is 26.9. The van der Waals surface area contributed by atoms with Gasteiger partial charge in [0.15, 0.2) is 26.9 Å². The first-order chi connectivity index (χ1) is 41.5. The monoisotopic (exact) mass is 1230 g/mol. The van der Waals surface area contributed by atoms with Crippen LogP contribution in [0.2, 0.25) is 0 Å². The van der Waals surface area contributed by atoms with Crippen molar-refractivity contribution in [1.29, 1.82) is 0 Å². The lowest BCUT2D eigenvalue weighted by Crippen LogP contribution is -2.16. The summed E-state index contributed by atoms with van der Waals surface area (Å²) in [6, 6.07) is 26.2. The summed E-state index contributed by atoms with van der Waals surface area (Å²) in [5.41, 5.74) is 18.9. The Hall–Kier alpha value is -9.65. The predicted octanol–water partition coefficient (Wildman–Crippen LogP) is 12.6. The van der Waals surface area contributed by atoms with E-state index >= 15 is 0 Å². The van der Waals surface area contributed by atoms with Gasteiger partial charge in [-0.3, -0.25) is 35.1 Å². The number of thiazole rings is 3. The Labute approximate surface area is 497 Å². The fraction of sp³-hybridized carbons (Fsp3) is 0.150. The molecule has 3 aliphatic rings. The van der Waals surface area contributed by atoms with Gasteiger partial charge in [0.05, 0.1) is 38.3 Å². The molecule has 4 amide bonds. The lowest BCUT2D eigenvalue weighted by atomic mass is 9.97. The molecule has 0 saturated heterocycles. The van der Waals surface area contributed by atoms with Crippen LogP contribution in [0.4, 0.5) is 47.4 Å². The number of anilines is 3. The molecule has 0 unspecified atom stereocenters. The van der Waals surface area contributed by atoms with Crippen LogP contribution in [0.25, 0.3) is 36.2 Å². The average molecular weight is 1230 g/mol. The Morgan fingerprint density at radius 3 is 1.14 bits per heavy atom. The van der Waals surface area contributed by atoms with Crippen LogP contribution < -0.4 is 33.3 Å². The quantitative estimate of drug-likeness (QED) is 0.0177. The van der Waals surface area contributed by atoms with Crippen molar-refractivity contribution in [2.75, 3.05) is 16.0 Å². The molecule has 438 valence electrons. The van der Waals surface area contributed by atoms with Crippen molar-refractivity contribution >= 4 is 84.6 Å². The number of aromatic nitrogens is 3. The number of nitrogens with zero attached hydrogens (tertiary/aromatic N) is 5. The number of amidine groups is 1. The highest BCUT2D eigenvalue weighted by molar-refractivity contribution is 7.20. The van der Waals surface area contributed by atoms with Crippen molar-refractivity contribution in [3.63, 3.8) is 0 Å². The molecule has 0 radical (unpaired) electrons. The summed E-state index contributed by atoms with van der Waals surface area (Å²) < 4.78 is 83.1. The smallest absolute Gasteiger partial charge is 0.263 e. The fourth-order valence-corrected chi connectivity index (χ4v) is 13.3. The molecule has 86 heavy (non-hydrogen) atoms. The van der Waals surface area contributed by atoms with Crippen LogP contribution in [0.5, 0.6) is 0 Å². The summed E-state index contributed by atoms with van der Waals surface area (Å²) >= 11 is 3.68. The average Bonchev–Trinajstić information content (AvgIpc) is 2.04. The predicted molar refractivity (Wildman–Crippen MR) is 315 cm³/mol. The van der Waals surface area contributed by atoms with Crippen molar-refractivity contribution in [3.8, 4) is 31.3 Å². The van der Waals surface area contributed by atoms with Crippen molar-refractivity contribution in [2.45, 2.75) is 57.8 Å². The number of rotatable bonds is 8. The summed E-state index contributed by atoms with van der Waals surface area (Å²) in [6.07, 6.45) is 6.64. The van der Waals surface area contributed by atoms with Gasteiger partial charge in [-0.25, -0.2) is 52.0 Å². The van der Waals surface area contributed by atoms with Gasteiger partial charge >= 0.3 is 0 Å². The van der Waals surface area contributed by atoms with Crippen molar-refractivity contribution in [2.24, 2.45) is 22.5 Å². The molecule has 9 aromatic rings. The molecule has 0 aliphatic heterocycles. The van der Waals surface area contributed by atoms with E-state index in [1.165, 1.54) is 52.2 Å². The molecule has 17 nitrogen and oxygen atoms in total. The third kappa shape index (κ3) is 12.9. The fourth-order valence-electron chi connectivity index (χ4n) is 10.1. The van der Waals surface area contributed by atoms with Crippen LogP contribution in [-0.2, 0) is 38.5 Å². The number of carbonyl (C=O) groups is 4. The lowest BCUT2D eigenvalue weighted by Gasteiger charge is -2.11. The normalized spacial score (nSPS) is 12.6. The van der Waals surface area contributed by atoms with Gasteiger partial charge in [0.25, 0.3) is 17.7 Å². The molecule has 0 fully saturated rings. The van der Waals surface area contributed by atoms with Crippen LogP contribution in [0.1, 0.15) is 100 Å². The van der Waals surface area contributed by atoms with Gasteiger partial charge in [0.2, 0.25) is 5.91 Å². The third-order valence-electron chi connectivity index (χ3n) is 13.9. The first-order valence-corrected chi connectivity index (χ1v) is 28.5. The van der Waals surface area contributed by atoms with Gasteiger partial charge in [0.1, 0.15) is 51.6 Å². The van der Waals surface area contributed by atoms with Crippen LogP contribution >= 0.6 is 34.0 Å². The van der Waals surface area contributed by atoms with E-state index in [1.807, 2.05) is 24.3 Å². The number of oxime groups is 1. The van der Waals surface area contributed by atoms with E-state index in [4.69, 9.17) is 28.5 Å². The minimum atomic E-state index is -0.938. The molecule has 0 bridgehead atoms. The number of benzene rings is 6. The van der Waals surface area contributed by atoms with Crippen LogP contribution in [0.15, 0.2) is 114 Å². The van der Waals surface area contributed by atoms with Gasteiger partial charge in [-0.05, 0) is 134 Å². The number of amides is 4. The second kappa shape index (κ2) is 26.9. The minimum absolute atomic E-state index is 0.0263. The van der Waals surface area contributed by atoms with Crippen molar-refractivity contribution in [1.82, 2.24) is 15.0 Å². The van der Waals surface area contributed by atoms with E-state index in [0.717, 1.165) is 134 Å². The molecule has 0 spiro atoms. The number of fused-ring (bicyclic) bond motifs is 9. The maximum absolute atomic E-state index is 13.9. The standard InChI is InChI=1S/C20H16F2N4O2S.C20H15F2N3O2S.C20H13F2N3OS.H3NO/c21-13-7-3-8-14(22)16(13)19(27)25-20-24-15-9-2-4-10-11(17(15)29-20)5-1-6-12(10)18(23)26-28;21-13-7-3-8-14(22)16(13)19(27)25-20-24-15-9-2-4-10-11(17(15)28-20)5-1-6-12(10)18(23)26;1-23-15-9-3-6-12-11(15)5-2-10-16-18(12)27-20(24-16)25-19(26)17-13(21)7-4-8-14(17)22;1-2/h1,3,5-8,28H,2,4,9H2,(H2,23,26)(H,24,25,27);1,3,5-8H,2,4,9H2,(H2,23,26)(H,24,25,27);3-4,6-9H,2,5,10H2,(H,24,25,26);2H,1H2. The summed E-state index contributed by atoms with van der Waals surface area (Å²) in [4.78, 5) is 68.3. The molecule has 0 saturated carbocycles. The topological polar surface area (TPSA) is 278 Å². The zero-order chi connectivity index (χ0) is 61.3. The number of nitrogens with one attached hydrogen (secondary N) is 3. The van der Waals surface area contributed by atoms with Crippen molar-refractivity contribution < 1.29 is 55.9 Å². The van der Waals surface area contributed by atoms with Crippen LogP contribution in [-0.4, -0.2) is 54.8 Å². The zero-order valence-electron chi connectivity index (χ0n) is 44.7. The Kier molecular flexibility index (Phi) is 19.1. The Bertz CT molecular complexity index is 4140. The summed E-state index contributed by atoms with van der Waals surface area (Å²) in [6.45, 7) is 7.36. The van der Waals surface area contributed by atoms with E-state index in [1.54, 1.807) is 30.3 Å². The molecule has 6 aromatic carbocycles. The highest BCUT2D eigenvalue weighted by Gasteiger charge is 2.28. The SMILES string of the molecule is NC(=NO)c1cccc2c1CCCc1nc(NC(=O)c3c(F)cccc3F)sc1-2.NC(=O)c1cccc2c1CCCc1nc(NC(=O)c3c(F)cccc3F)sc1-2.NO.[C-]#[N+]c1cccc2c1CCCc1nc(NC(=O)c3c(F)cccc3F)sc1-2. The molecular formula is C60H47F6N11O6S3. The molecule has 3 aromatic heterocycles. The molecule has 11 N–H and O–H groups in total. The largest absolute Gasteiger partial charge is 0.409 e. The number of primary amides is 1.